The van der Waals surface area contributed by atoms with Crippen LogP contribution in [0.2, 0.25) is 0 Å². The summed E-state index contributed by atoms with van der Waals surface area (Å²) >= 11 is 0. The number of hydrogen-bond donors (Lipinski definition) is 2. The Bertz CT molecular complexity index is 1190. The smallest absolute Gasteiger partial charge is 0.356 e. The van der Waals surface area contributed by atoms with E-state index < -0.39 is 42.8 Å². The first-order valence-corrected chi connectivity index (χ1v) is 12.8. The Morgan fingerprint density at radius 3 is 2.44 bits per heavy atom. The highest BCUT2D eigenvalue weighted by Gasteiger charge is 2.49. The van der Waals surface area contributed by atoms with Crippen LogP contribution in [0.5, 0.6) is 0 Å². The van der Waals surface area contributed by atoms with Crippen LogP contribution < -0.4 is 20.9 Å². The molecule has 0 bridgehead atoms. The van der Waals surface area contributed by atoms with Crippen LogP contribution in [0.25, 0.3) is 0 Å². The highest BCUT2D eigenvalue weighted by atomic mass is 19.4. The largest absolute Gasteiger partial charge is 0.451 e. The lowest BCUT2D eigenvalue weighted by molar-refractivity contribution is -0.144. The van der Waals surface area contributed by atoms with Crippen LogP contribution in [-0.2, 0) is 17.4 Å². The summed E-state index contributed by atoms with van der Waals surface area (Å²) in [6, 6.07) is 8.56. The number of nitrogens with zero attached hydrogens (tertiary/aromatic N) is 5. The first-order chi connectivity index (χ1) is 18.5. The molecule has 0 saturated carbocycles. The molecule has 2 fully saturated rings. The normalized spacial score (nSPS) is 19.7. The maximum absolute atomic E-state index is 14.5. The number of carbonyl (C=O) groups excluding carboxylic acids is 1. The van der Waals surface area contributed by atoms with Gasteiger partial charge in [-0.3, -0.25) is 4.79 Å². The van der Waals surface area contributed by atoms with Crippen molar-refractivity contribution in [2.75, 3.05) is 42.5 Å². The van der Waals surface area contributed by atoms with Crippen molar-refractivity contribution in [3.8, 4) is 6.07 Å². The second kappa shape index (κ2) is 11.7. The molecule has 2 aliphatic heterocycles. The monoisotopic (exact) mass is 551 g/mol. The number of aromatic nitrogens is 2. The van der Waals surface area contributed by atoms with Crippen LogP contribution in [0.1, 0.15) is 42.6 Å². The van der Waals surface area contributed by atoms with Crippen molar-refractivity contribution in [2.45, 2.75) is 50.2 Å². The Balaban J connectivity index is 1.53. The number of benzene rings is 1. The van der Waals surface area contributed by atoms with Crippen molar-refractivity contribution in [3.05, 3.63) is 47.3 Å². The Morgan fingerprint density at radius 2 is 1.82 bits per heavy atom. The fourth-order valence-corrected chi connectivity index (χ4v) is 5.03. The molecule has 0 unspecified atom stereocenters. The number of piperidine rings is 1. The Labute approximate surface area is 223 Å². The molecule has 3 N–H and O–H groups in total. The Hall–Kier alpha value is -3.53. The van der Waals surface area contributed by atoms with Gasteiger partial charge in [0.25, 0.3) is 5.92 Å². The molecular formula is C26H30F5N7O. The summed E-state index contributed by atoms with van der Waals surface area (Å²) in [4.78, 5) is 22.9. The minimum Gasteiger partial charge on any atom is -0.356 e. The van der Waals surface area contributed by atoms with Gasteiger partial charge in [-0.2, -0.15) is 18.4 Å². The summed E-state index contributed by atoms with van der Waals surface area (Å²) in [5.74, 6) is -5.45. The molecule has 1 atom stereocenters. The predicted octanol–water partition coefficient (Wildman–Crippen LogP) is 3.51. The van der Waals surface area contributed by atoms with Gasteiger partial charge in [0.2, 0.25) is 11.7 Å². The van der Waals surface area contributed by atoms with Gasteiger partial charge in [-0.15, -0.1) is 0 Å². The molecule has 0 radical (unpaired) electrons. The molecule has 1 aromatic heterocycles. The number of amides is 1. The molecule has 210 valence electrons. The lowest BCUT2D eigenvalue weighted by Crippen LogP contribution is -2.44. The third kappa shape index (κ3) is 7.11. The molecule has 1 amide bonds. The molecule has 2 saturated heterocycles. The molecule has 4 rings (SSSR count). The molecular weight excluding hydrogens is 521 g/mol. The summed E-state index contributed by atoms with van der Waals surface area (Å²) in [5, 5.41) is 11.5. The van der Waals surface area contributed by atoms with Crippen molar-refractivity contribution in [1.29, 1.82) is 5.26 Å². The minimum atomic E-state index is -4.90. The van der Waals surface area contributed by atoms with Gasteiger partial charge in [0.05, 0.1) is 18.2 Å². The van der Waals surface area contributed by atoms with Crippen molar-refractivity contribution >= 4 is 17.5 Å². The first-order valence-electron chi connectivity index (χ1n) is 12.8. The molecule has 0 spiro atoms. The molecule has 2 aromatic rings. The standard InChI is InChI=1S/C26H30F5N7O/c27-25(28)14-20(23(39)34-10-6-17-1-3-19(15-33)4-2-17)38(16-25)22-13-21(35-24(36-22)26(29,30)31)37-11-7-18(5-9-32)8-12-37/h1-4,13,18,20H,5-12,14,16,32H2,(H,34,39)/t20-/m0/s1. The predicted molar refractivity (Wildman–Crippen MR) is 134 cm³/mol. The van der Waals surface area contributed by atoms with Crippen molar-refractivity contribution < 1.29 is 26.7 Å². The van der Waals surface area contributed by atoms with E-state index in [-0.39, 0.29) is 18.2 Å². The van der Waals surface area contributed by atoms with Crippen molar-refractivity contribution in [1.82, 2.24) is 15.3 Å². The van der Waals surface area contributed by atoms with E-state index in [1.807, 2.05) is 6.07 Å². The van der Waals surface area contributed by atoms with E-state index in [0.717, 1.165) is 29.7 Å². The van der Waals surface area contributed by atoms with Crippen molar-refractivity contribution in [2.24, 2.45) is 11.7 Å². The van der Waals surface area contributed by atoms with Crippen LogP contribution >= 0.6 is 0 Å². The summed E-state index contributed by atoms with van der Waals surface area (Å²) in [5.41, 5.74) is 6.93. The van der Waals surface area contributed by atoms with E-state index in [1.54, 1.807) is 29.2 Å². The van der Waals surface area contributed by atoms with E-state index >= 15 is 0 Å². The molecule has 8 nitrogen and oxygen atoms in total. The van der Waals surface area contributed by atoms with Crippen molar-refractivity contribution in [3.63, 3.8) is 0 Å². The number of halogens is 5. The van der Waals surface area contributed by atoms with Crippen LogP contribution in [0.15, 0.2) is 30.3 Å². The highest BCUT2D eigenvalue weighted by Crippen LogP contribution is 2.38. The summed E-state index contributed by atoms with van der Waals surface area (Å²) in [7, 11) is 0. The minimum absolute atomic E-state index is 0.00582. The number of nitrogens with two attached hydrogens (primary N) is 1. The maximum atomic E-state index is 14.5. The quantitative estimate of drug-likeness (QED) is 0.483. The maximum Gasteiger partial charge on any atom is 0.451 e. The van der Waals surface area contributed by atoms with Gasteiger partial charge >= 0.3 is 6.18 Å². The fourth-order valence-electron chi connectivity index (χ4n) is 5.03. The second-order valence-electron chi connectivity index (χ2n) is 9.97. The lowest BCUT2D eigenvalue weighted by Gasteiger charge is -2.33. The van der Waals surface area contributed by atoms with Gasteiger partial charge in [-0.25, -0.2) is 18.7 Å². The third-order valence-corrected chi connectivity index (χ3v) is 7.13. The Morgan fingerprint density at radius 1 is 1.15 bits per heavy atom. The van der Waals surface area contributed by atoms with Gasteiger partial charge in [0, 0.05) is 32.1 Å². The van der Waals surface area contributed by atoms with Crippen LogP contribution in [0, 0.1) is 17.2 Å². The van der Waals surface area contributed by atoms with Gasteiger partial charge in [0.1, 0.15) is 17.7 Å². The molecule has 39 heavy (non-hydrogen) atoms. The first kappa shape index (κ1) is 28.5. The van der Waals surface area contributed by atoms with E-state index in [1.165, 1.54) is 6.07 Å². The van der Waals surface area contributed by atoms with Gasteiger partial charge in [0.15, 0.2) is 0 Å². The number of anilines is 2. The van der Waals surface area contributed by atoms with Crippen LogP contribution in [-0.4, -0.2) is 60.6 Å². The Kier molecular flexibility index (Phi) is 8.54. The second-order valence-corrected chi connectivity index (χ2v) is 9.97. The van der Waals surface area contributed by atoms with Gasteiger partial charge in [-0.1, -0.05) is 12.1 Å². The number of nitrogens with one attached hydrogen (secondary N) is 1. The average molecular weight is 552 g/mol. The number of nitriles is 1. The summed E-state index contributed by atoms with van der Waals surface area (Å²) < 4.78 is 70.2. The van der Waals surface area contributed by atoms with E-state index in [9.17, 15) is 26.7 Å². The number of alkyl halides is 5. The number of carbonyl (C=O) groups is 1. The van der Waals surface area contributed by atoms with E-state index in [4.69, 9.17) is 11.0 Å². The zero-order valence-corrected chi connectivity index (χ0v) is 21.2. The van der Waals surface area contributed by atoms with Gasteiger partial charge < -0.3 is 20.9 Å². The highest BCUT2D eigenvalue weighted by molar-refractivity contribution is 5.86. The van der Waals surface area contributed by atoms with E-state index in [0.29, 0.717) is 37.5 Å². The third-order valence-electron chi connectivity index (χ3n) is 7.13. The molecule has 1 aromatic carbocycles. The molecule has 2 aliphatic rings. The van der Waals surface area contributed by atoms with Crippen LogP contribution in [0.4, 0.5) is 33.6 Å². The number of hydrogen-bond acceptors (Lipinski definition) is 7. The number of rotatable bonds is 8. The van der Waals surface area contributed by atoms with E-state index in [2.05, 4.69) is 15.3 Å². The zero-order chi connectivity index (χ0) is 28.2. The average Bonchev–Trinajstić information content (AvgIpc) is 3.24. The zero-order valence-electron chi connectivity index (χ0n) is 21.2. The lowest BCUT2D eigenvalue weighted by atomic mass is 9.94. The fraction of sp³-hybridized carbons (Fsp3) is 0.538. The summed E-state index contributed by atoms with van der Waals surface area (Å²) in [6.45, 7) is 0.622. The molecule has 0 aliphatic carbocycles. The molecule has 3 heterocycles. The summed E-state index contributed by atoms with van der Waals surface area (Å²) in [6.07, 6.45) is -3.09. The SMILES string of the molecule is N#Cc1ccc(CCNC(=O)[C@@H]2CC(F)(F)CN2c2cc(N3CCC(CCN)CC3)nc(C(F)(F)F)n2)cc1. The topological polar surface area (TPSA) is 111 Å². The van der Waals surface area contributed by atoms with Crippen LogP contribution in [0.3, 0.4) is 0 Å². The molecule has 13 heteroatoms. The van der Waals surface area contributed by atoms with Gasteiger partial charge in [-0.05, 0) is 55.8 Å².